The number of phenolic OH excluding ortho intramolecular Hbond substituents is 3. The van der Waals surface area contributed by atoms with Gasteiger partial charge in [0.25, 0.3) is 0 Å². The van der Waals surface area contributed by atoms with Crippen LogP contribution in [0.5, 0.6) is 23.0 Å². The lowest BCUT2D eigenvalue weighted by atomic mass is 9.87. The monoisotopic (exact) mass is 302 g/mol. The zero-order valence-corrected chi connectivity index (χ0v) is 11.4. The van der Waals surface area contributed by atoms with Gasteiger partial charge < -0.3 is 29.9 Å². The topological polar surface area (TPSA) is 99.4 Å². The van der Waals surface area contributed by atoms with Crippen molar-refractivity contribution in [3.05, 3.63) is 47.0 Å². The number of phenols is 3. The van der Waals surface area contributed by atoms with Gasteiger partial charge >= 0.3 is 0 Å². The maximum atomic E-state index is 10.5. The van der Waals surface area contributed by atoms with Crippen LogP contribution in [0.4, 0.5) is 0 Å². The molecule has 0 aliphatic carbocycles. The van der Waals surface area contributed by atoms with E-state index in [1.54, 1.807) is 12.1 Å². The molecule has 0 bridgehead atoms. The molecule has 0 spiro atoms. The second-order valence-electron chi connectivity index (χ2n) is 5.48. The Bertz CT molecular complexity index is 757. The lowest BCUT2D eigenvalue weighted by Crippen LogP contribution is -2.39. The zero-order chi connectivity index (χ0) is 15.4. The molecule has 0 aromatic heterocycles. The molecule has 0 saturated heterocycles. The Morgan fingerprint density at radius 2 is 1.77 bits per heavy atom. The van der Waals surface area contributed by atoms with Crippen molar-refractivity contribution >= 4 is 0 Å². The Hall–Kier alpha value is -2.44. The molecule has 2 aromatic rings. The van der Waals surface area contributed by atoms with E-state index in [-0.39, 0.29) is 23.9 Å². The van der Waals surface area contributed by atoms with Crippen LogP contribution in [0.3, 0.4) is 0 Å². The number of fused-ring (bicyclic) bond motifs is 4. The summed E-state index contributed by atoms with van der Waals surface area (Å²) >= 11 is 0. The van der Waals surface area contributed by atoms with Crippen molar-refractivity contribution in [2.24, 2.45) is 0 Å². The SMILES string of the molecule is Oc1ccc2c(c1)O[C@@H]1c3ccc(O)c(O)c3CO[C@H]1[C@@H]2O. The van der Waals surface area contributed by atoms with Gasteiger partial charge in [-0.1, -0.05) is 6.07 Å². The van der Waals surface area contributed by atoms with Crippen molar-refractivity contribution in [2.45, 2.75) is 24.9 Å². The Balaban J connectivity index is 1.84. The molecule has 0 saturated carbocycles. The highest BCUT2D eigenvalue weighted by molar-refractivity contribution is 5.52. The molecule has 6 nitrogen and oxygen atoms in total. The second-order valence-corrected chi connectivity index (χ2v) is 5.48. The first-order chi connectivity index (χ1) is 10.6. The van der Waals surface area contributed by atoms with E-state index in [1.807, 2.05) is 0 Å². The van der Waals surface area contributed by atoms with E-state index in [4.69, 9.17) is 9.47 Å². The van der Waals surface area contributed by atoms with Crippen LogP contribution in [0.2, 0.25) is 0 Å². The first kappa shape index (κ1) is 13.2. The number of aliphatic hydroxyl groups is 1. The maximum absolute atomic E-state index is 10.5. The highest BCUT2D eigenvalue weighted by Gasteiger charge is 2.43. The van der Waals surface area contributed by atoms with E-state index in [0.717, 1.165) is 0 Å². The fraction of sp³-hybridized carbons (Fsp3) is 0.250. The molecule has 2 aromatic carbocycles. The summed E-state index contributed by atoms with van der Waals surface area (Å²) in [5.74, 6) is -0.0568. The predicted molar refractivity (Wildman–Crippen MR) is 74.8 cm³/mol. The zero-order valence-electron chi connectivity index (χ0n) is 11.4. The molecule has 4 N–H and O–H groups in total. The third-order valence-corrected chi connectivity index (χ3v) is 4.20. The van der Waals surface area contributed by atoms with Crippen molar-refractivity contribution in [2.75, 3.05) is 0 Å². The highest BCUT2D eigenvalue weighted by Crippen LogP contribution is 2.49. The first-order valence-corrected chi connectivity index (χ1v) is 6.89. The number of hydrogen-bond donors (Lipinski definition) is 4. The minimum Gasteiger partial charge on any atom is -0.508 e. The molecule has 0 fully saturated rings. The molecule has 3 atom stereocenters. The fourth-order valence-electron chi connectivity index (χ4n) is 3.07. The van der Waals surface area contributed by atoms with Gasteiger partial charge in [0.2, 0.25) is 0 Å². The van der Waals surface area contributed by atoms with Gasteiger partial charge in [0.15, 0.2) is 17.6 Å². The first-order valence-electron chi connectivity index (χ1n) is 6.89. The van der Waals surface area contributed by atoms with Gasteiger partial charge in [-0.05, 0) is 18.2 Å². The number of ether oxygens (including phenoxy) is 2. The second kappa shape index (κ2) is 4.53. The van der Waals surface area contributed by atoms with Crippen LogP contribution < -0.4 is 4.74 Å². The molecule has 6 heteroatoms. The fourth-order valence-corrected chi connectivity index (χ4v) is 3.07. The van der Waals surface area contributed by atoms with Gasteiger partial charge in [-0.3, -0.25) is 0 Å². The molecule has 22 heavy (non-hydrogen) atoms. The molecule has 0 radical (unpaired) electrons. The van der Waals surface area contributed by atoms with Crippen LogP contribution >= 0.6 is 0 Å². The predicted octanol–water partition coefficient (Wildman–Crippen LogP) is 1.87. The van der Waals surface area contributed by atoms with Crippen molar-refractivity contribution in [3.63, 3.8) is 0 Å². The van der Waals surface area contributed by atoms with Gasteiger partial charge in [-0.15, -0.1) is 0 Å². The van der Waals surface area contributed by atoms with Gasteiger partial charge in [-0.25, -0.2) is 0 Å². The molecule has 0 unspecified atom stereocenters. The summed E-state index contributed by atoms with van der Waals surface area (Å²) in [5.41, 5.74) is 1.64. The van der Waals surface area contributed by atoms with Crippen molar-refractivity contribution in [1.82, 2.24) is 0 Å². The number of hydrogen-bond acceptors (Lipinski definition) is 6. The van der Waals surface area contributed by atoms with Crippen LogP contribution in [-0.4, -0.2) is 26.5 Å². The van der Waals surface area contributed by atoms with Gasteiger partial charge in [-0.2, -0.15) is 0 Å². The van der Waals surface area contributed by atoms with E-state index in [2.05, 4.69) is 0 Å². The molecule has 2 aliphatic heterocycles. The van der Waals surface area contributed by atoms with Crippen molar-refractivity contribution in [3.8, 4) is 23.0 Å². The lowest BCUT2D eigenvalue weighted by molar-refractivity contribution is -0.127. The third-order valence-electron chi connectivity index (χ3n) is 4.20. The quantitative estimate of drug-likeness (QED) is 0.554. The lowest BCUT2D eigenvalue weighted by Gasteiger charge is -2.40. The summed E-state index contributed by atoms with van der Waals surface area (Å²) in [6.45, 7) is 0.0740. The maximum Gasteiger partial charge on any atom is 0.163 e. The third kappa shape index (κ3) is 1.74. The molecular weight excluding hydrogens is 288 g/mol. The summed E-state index contributed by atoms with van der Waals surface area (Å²) in [6.07, 6.45) is -2.15. The minimum absolute atomic E-state index is 0.0369. The average Bonchev–Trinajstić information content (AvgIpc) is 2.50. The Kier molecular flexibility index (Phi) is 2.72. The van der Waals surface area contributed by atoms with Crippen LogP contribution in [0.25, 0.3) is 0 Å². The summed E-state index contributed by atoms with van der Waals surface area (Å²) in [6, 6.07) is 7.53. The Morgan fingerprint density at radius 1 is 1.00 bits per heavy atom. The van der Waals surface area contributed by atoms with Crippen LogP contribution in [0.1, 0.15) is 28.9 Å². The molecular formula is C16H14O6. The minimum atomic E-state index is -0.904. The molecule has 4 rings (SSSR count). The van der Waals surface area contributed by atoms with E-state index >= 15 is 0 Å². The summed E-state index contributed by atoms with van der Waals surface area (Å²) in [4.78, 5) is 0. The number of aliphatic hydroxyl groups excluding tert-OH is 1. The number of rotatable bonds is 0. The molecule has 114 valence electrons. The number of aromatic hydroxyl groups is 3. The van der Waals surface area contributed by atoms with Gasteiger partial charge in [0.05, 0.1) is 6.61 Å². The van der Waals surface area contributed by atoms with Crippen LogP contribution in [-0.2, 0) is 11.3 Å². The van der Waals surface area contributed by atoms with E-state index in [9.17, 15) is 20.4 Å². The summed E-state index contributed by atoms with van der Waals surface area (Å²) in [5, 5.41) is 39.6. The molecule has 2 aliphatic rings. The van der Waals surface area contributed by atoms with Crippen molar-refractivity contribution < 1.29 is 29.9 Å². The molecule has 0 amide bonds. The van der Waals surface area contributed by atoms with E-state index in [1.165, 1.54) is 18.2 Å². The standard InChI is InChI=1S/C16H14O6/c17-7-1-2-9-12(5-7)22-15-8-3-4-11(18)13(19)10(8)6-21-16(15)14(9)20/h1-5,14-20H,6H2/t14-,15-,16+/m1/s1. The normalized spacial score (nSPS) is 25.6. The largest absolute Gasteiger partial charge is 0.508 e. The van der Waals surface area contributed by atoms with Gasteiger partial charge in [0.1, 0.15) is 23.7 Å². The average molecular weight is 302 g/mol. The van der Waals surface area contributed by atoms with Crippen molar-refractivity contribution in [1.29, 1.82) is 0 Å². The molecule has 2 heterocycles. The smallest absolute Gasteiger partial charge is 0.163 e. The summed E-state index contributed by atoms with van der Waals surface area (Å²) in [7, 11) is 0. The van der Waals surface area contributed by atoms with E-state index in [0.29, 0.717) is 22.4 Å². The number of benzene rings is 2. The summed E-state index contributed by atoms with van der Waals surface area (Å²) < 4.78 is 11.5. The van der Waals surface area contributed by atoms with E-state index < -0.39 is 18.3 Å². The Labute approximate surface area is 125 Å². The Morgan fingerprint density at radius 3 is 2.59 bits per heavy atom. The van der Waals surface area contributed by atoms with Gasteiger partial charge in [0, 0.05) is 22.8 Å². The highest BCUT2D eigenvalue weighted by atomic mass is 16.6. The van der Waals surface area contributed by atoms with Crippen LogP contribution in [0.15, 0.2) is 30.3 Å². The van der Waals surface area contributed by atoms with Crippen LogP contribution in [0, 0.1) is 0 Å².